The molecule has 0 unspecified atom stereocenters. The van der Waals surface area contributed by atoms with E-state index in [1.54, 1.807) is 10.9 Å². The number of carbonyl (C=O) groups is 1. The first-order valence-electron chi connectivity index (χ1n) is 6.94. The molecule has 2 aromatic rings. The van der Waals surface area contributed by atoms with Crippen LogP contribution in [0.3, 0.4) is 0 Å². The zero-order valence-electron chi connectivity index (χ0n) is 12.7. The predicted octanol–water partition coefficient (Wildman–Crippen LogP) is 2.30. The van der Waals surface area contributed by atoms with Crippen molar-refractivity contribution in [2.24, 2.45) is 0 Å². The van der Waals surface area contributed by atoms with Gasteiger partial charge in [-0.25, -0.2) is 4.68 Å². The third kappa shape index (κ3) is 5.04. The fourth-order valence-electron chi connectivity index (χ4n) is 1.71. The van der Waals surface area contributed by atoms with Crippen LogP contribution in [0, 0.1) is 0 Å². The molecule has 0 fully saturated rings. The molecule has 0 saturated heterocycles. The van der Waals surface area contributed by atoms with Crippen molar-refractivity contribution >= 4 is 5.91 Å². The van der Waals surface area contributed by atoms with Gasteiger partial charge in [-0.2, -0.15) is 5.10 Å². The molecule has 1 amide bonds. The van der Waals surface area contributed by atoms with Gasteiger partial charge in [-0.05, 0) is 32.9 Å². The van der Waals surface area contributed by atoms with Crippen molar-refractivity contribution in [1.29, 1.82) is 0 Å². The highest BCUT2D eigenvalue weighted by molar-refractivity contribution is 5.77. The van der Waals surface area contributed by atoms with Gasteiger partial charge >= 0.3 is 0 Å². The van der Waals surface area contributed by atoms with Gasteiger partial charge in [0.15, 0.2) is 0 Å². The van der Waals surface area contributed by atoms with Gasteiger partial charge in [0, 0.05) is 18.3 Å². The highest BCUT2D eigenvalue weighted by Gasteiger charge is 2.12. The van der Waals surface area contributed by atoms with Crippen LogP contribution in [0.5, 0.6) is 0 Å². The molecule has 0 aliphatic rings. The van der Waals surface area contributed by atoms with E-state index in [1.807, 2.05) is 57.3 Å². The van der Waals surface area contributed by atoms with Crippen molar-refractivity contribution in [2.75, 3.05) is 6.61 Å². The lowest BCUT2D eigenvalue weighted by Gasteiger charge is -2.18. The number of aromatic nitrogens is 2. The van der Waals surface area contributed by atoms with Crippen LogP contribution in [0.1, 0.15) is 26.3 Å². The first kappa shape index (κ1) is 15.3. The number of nitrogens with zero attached hydrogens (tertiary/aromatic N) is 2. The van der Waals surface area contributed by atoms with Crippen LogP contribution in [0.25, 0.3) is 5.69 Å². The minimum absolute atomic E-state index is 0.0658. The maximum atomic E-state index is 11.7. The Hall–Kier alpha value is -2.14. The smallest absolute Gasteiger partial charge is 0.246 e. The molecule has 0 saturated carbocycles. The maximum absolute atomic E-state index is 11.7. The van der Waals surface area contributed by atoms with Gasteiger partial charge in [0.2, 0.25) is 5.91 Å². The molecule has 5 nitrogen and oxygen atoms in total. The van der Waals surface area contributed by atoms with E-state index in [2.05, 4.69) is 10.4 Å². The quantitative estimate of drug-likeness (QED) is 0.918. The van der Waals surface area contributed by atoms with Gasteiger partial charge in [-0.1, -0.05) is 18.2 Å². The summed E-state index contributed by atoms with van der Waals surface area (Å²) in [6, 6.07) is 9.84. The van der Waals surface area contributed by atoms with Crippen LogP contribution in [-0.2, 0) is 16.1 Å². The molecule has 5 heteroatoms. The second-order valence-corrected chi connectivity index (χ2v) is 5.81. The van der Waals surface area contributed by atoms with Crippen LogP contribution >= 0.6 is 0 Å². The normalized spacial score (nSPS) is 11.4. The van der Waals surface area contributed by atoms with Crippen LogP contribution < -0.4 is 5.32 Å². The van der Waals surface area contributed by atoms with Crippen molar-refractivity contribution in [3.63, 3.8) is 0 Å². The number of ether oxygens (including phenoxy) is 1. The number of amides is 1. The number of hydrogen-bond acceptors (Lipinski definition) is 3. The molecule has 21 heavy (non-hydrogen) atoms. The lowest BCUT2D eigenvalue weighted by atomic mass is 10.2. The summed E-state index contributed by atoms with van der Waals surface area (Å²) in [6.45, 7) is 6.27. The number of benzene rings is 1. The Kier molecular flexibility index (Phi) is 4.75. The number of para-hydroxylation sites is 1. The predicted molar refractivity (Wildman–Crippen MR) is 81.1 cm³/mol. The second kappa shape index (κ2) is 6.54. The van der Waals surface area contributed by atoms with Crippen LogP contribution in [0.4, 0.5) is 0 Å². The fourth-order valence-corrected chi connectivity index (χ4v) is 1.71. The average molecular weight is 287 g/mol. The van der Waals surface area contributed by atoms with Crippen LogP contribution in [0.15, 0.2) is 42.7 Å². The summed E-state index contributed by atoms with van der Waals surface area (Å²) < 4.78 is 7.21. The molecule has 0 aliphatic carbocycles. The Morgan fingerprint density at radius 1 is 1.29 bits per heavy atom. The summed E-state index contributed by atoms with van der Waals surface area (Å²) in [5, 5.41) is 7.10. The summed E-state index contributed by atoms with van der Waals surface area (Å²) in [4.78, 5) is 11.7. The van der Waals surface area contributed by atoms with Crippen molar-refractivity contribution in [2.45, 2.75) is 32.9 Å². The molecule has 112 valence electrons. The second-order valence-electron chi connectivity index (χ2n) is 5.81. The van der Waals surface area contributed by atoms with E-state index in [0.717, 1.165) is 11.3 Å². The number of nitrogens with one attached hydrogen (secondary N) is 1. The summed E-state index contributed by atoms with van der Waals surface area (Å²) in [5.74, 6) is -0.127. The first-order chi connectivity index (χ1) is 9.94. The van der Waals surface area contributed by atoms with Crippen molar-refractivity contribution < 1.29 is 9.53 Å². The monoisotopic (exact) mass is 287 g/mol. The lowest BCUT2D eigenvalue weighted by Crippen LogP contribution is -2.31. The van der Waals surface area contributed by atoms with Gasteiger partial charge < -0.3 is 10.1 Å². The van der Waals surface area contributed by atoms with Gasteiger partial charge in [0.05, 0.1) is 17.5 Å². The van der Waals surface area contributed by atoms with Crippen molar-refractivity contribution in [1.82, 2.24) is 15.1 Å². The molecule has 1 heterocycles. The third-order valence-electron chi connectivity index (χ3n) is 2.78. The van der Waals surface area contributed by atoms with Gasteiger partial charge in [0.25, 0.3) is 0 Å². The minimum atomic E-state index is -0.310. The Balaban J connectivity index is 1.85. The molecule has 1 aromatic heterocycles. The molecule has 2 rings (SSSR count). The molecule has 1 N–H and O–H groups in total. The topological polar surface area (TPSA) is 56.1 Å². The van der Waals surface area contributed by atoms with Crippen molar-refractivity contribution in [3.8, 4) is 5.69 Å². The summed E-state index contributed by atoms with van der Waals surface area (Å²) in [6.07, 6.45) is 3.65. The summed E-state index contributed by atoms with van der Waals surface area (Å²) >= 11 is 0. The largest absolute Gasteiger partial charge is 0.366 e. The Bertz CT molecular complexity index is 585. The molecular formula is C16H21N3O2. The molecule has 0 radical (unpaired) electrons. The highest BCUT2D eigenvalue weighted by atomic mass is 16.5. The SMILES string of the molecule is CC(C)(C)OCC(=O)NCc1cnn(-c2ccccc2)c1. The maximum Gasteiger partial charge on any atom is 0.246 e. The molecule has 0 spiro atoms. The molecule has 1 aromatic carbocycles. The van der Waals surface area contributed by atoms with E-state index < -0.39 is 0 Å². The van der Waals surface area contributed by atoms with Crippen molar-refractivity contribution in [3.05, 3.63) is 48.3 Å². The number of carbonyl (C=O) groups excluding carboxylic acids is 1. The van der Waals surface area contributed by atoms with E-state index >= 15 is 0 Å². The van der Waals surface area contributed by atoms with Gasteiger partial charge in [-0.3, -0.25) is 4.79 Å². The van der Waals surface area contributed by atoms with E-state index in [-0.39, 0.29) is 18.1 Å². The standard InChI is InChI=1S/C16H21N3O2/c1-16(2,3)21-12-15(20)17-9-13-10-18-19(11-13)14-7-5-4-6-8-14/h4-8,10-11H,9,12H2,1-3H3,(H,17,20). The number of hydrogen-bond donors (Lipinski definition) is 1. The molecule has 0 atom stereocenters. The van der Waals surface area contributed by atoms with Crippen LogP contribution in [0.2, 0.25) is 0 Å². The van der Waals surface area contributed by atoms with Gasteiger partial charge in [0.1, 0.15) is 6.61 Å². The van der Waals surface area contributed by atoms with E-state index in [1.165, 1.54) is 0 Å². The van der Waals surface area contributed by atoms with E-state index in [4.69, 9.17) is 4.74 Å². The zero-order valence-corrected chi connectivity index (χ0v) is 12.7. The van der Waals surface area contributed by atoms with E-state index in [9.17, 15) is 4.79 Å². The fraction of sp³-hybridized carbons (Fsp3) is 0.375. The third-order valence-corrected chi connectivity index (χ3v) is 2.78. The summed E-state index contributed by atoms with van der Waals surface area (Å²) in [7, 11) is 0. The minimum Gasteiger partial charge on any atom is -0.366 e. The molecule has 0 aliphatic heterocycles. The van der Waals surface area contributed by atoms with Gasteiger partial charge in [-0.15, -0.1) is 0 Å². The van der Waals surface area contributed by atoms with Crippen LogP contribution in [-0.4, -0.2) is 27.9 Å². The Morgan fingerprint density at radius 3 is 2.67 bits per heavy atom. The highest BCUT2D eigenvalue weighted by Crippen LogP contribution is 2.08. The number of rotatable bonds is 5. The Labute approximate surface area is 124 Å². The van der Waals surface area contributed by atoms with E-state index in [0.29, 0.717) is 6.54 Å². The lowest BCUT2D eigenvalue weighted by molar-refractivity contribution is -0.130. The molecule has 0 bridgehead atoms. The average Bonchev–Trinajstić information content (AvgIpc) is 2.92. The first-order valence-corrected chi connectivity index (χ1v) is 6.94. The summed E-state index contributed by atoms with van der Waals surface area (Å²) in [5.41, 5.74) is 1.63. The molecular weight excluding hydrogens is 266 g/mol. The zero-order chi connectivity index (χ0) is 15.3. The Morgan fingerprint density at radius 2 is 2.00 bits per heavy atom.